The van der Waals surface area contributed by atoms with Crippen LogP contribution in [0.15, 0.2) is 0 Å². The SMILES string of the molecule is CCCC1CCC(c2n[nH]c(CC#N)n2)CC1. The minimum Gasteiger partial charge on any atom is -0.262 e. The Bertz CT molecular complexity index is 382. The molecule has 1 fully saturated rings. The second-order valence-electron chi connectivity index (χ2n) is 4.98. The fourth-order valence-corrected chi connectivity index (χ4v) is 2.76. The van der Waals surface area contributed by atoms with Gasteiger partial charge in [0.2, 0.25) is 0 Å². The lowest BCUT2D eigenvalue weighted by atomic mass is 9.80. The topological polar surface area (TPSA) is 65.4 Å². The van der Waals surface area contributed by atoms with Crippen molar-refractivity contribution < 1.29 is 0 Å². The van der Waals surface area contributed by atoms with E-state index in [1.807, 2.05) is 0 Å². The van der Waals surface area contributed by atoms with E-state index < -0.39 is 0 Å². The summed E-state index contributed by atoms with van der Waals surface area (Å²) in [5.74, 6) is 3.05. The molecule has 1 aromatic heterocycles. The fourth-order valence-electron chi connectivity index (χ4n) is 2.76. The van der Waals surface area contributed by atoms with Crippen LogP contribution in [0.4, 0.5) is 0 Å². The summed E-state index contributed by atoms with van der Waals surface area (Å²) in [5, 5.41) is 15.7. The lowest BCUT2D eigenvalue weighted by Crippen LogP contribution is -2.14. The van der Waals surface area contributed by atoms with Crippen molar-refractivity contribution in [1.82, 2.24) is 15.2 Å². The summed E-state index contributed by atoms with van der Waals surface area (Å²) in [4.78, 5) is 4.41. The molecule has 0 aromatic carbocycles. The molecular formula is C13H20N4. The molecule has 0 bridgehead atoms. The number of H-pyrrole nitrogens is 1. The Hall–Kier alpha value is -1.37. The highest BCUT2D eigenvalue weighted by Crippen LogP contribution is 2.35. The zero-order valence-corrected chi connectivity index (χ0v) is 10.4. The van der Waals surface area contributed by atoms with E-state index >= 15 is 0 Å². The van der Waals surface area contributed by atoms with E-state index in [0.29, 0.717) is 18.2 Å². The maximum absolute atomic E-state index is 8.60. The predicted octanol–water partition coefficient (Wildman–Crippen LogP) is 2.94. The first-order valence-electron chi connectivity index (χ1n) is 6.61. The fraction of sp³-hybridized carbons (Fsp3) is 0.769. The van der Waals surface area contributed by atoms with Gasteiger partial charge in [-0.1, -0.05) is 19.8 Å². The van der Waals surface area contributed by atoms with Crippen molar-refractivity contribution in [1.29, 1.82) is 5.26 Å². The number of nitrogens with zero attached hydrogens (tertiary/aromatic N) is 3. The summed E-state index contributed by atoms with van der Waals surface area (Å²) >= 11 is 0. The highest BCUT2D eigenvalue weighted by Gasteiger charge is 2.24. The Labute approximate surface area is 102 Å². The van der Waals surface area contributed by atoms with Crippen LogP contribution in [0.1, 0.15) is 63.0 Å². The van der Waals surface area contributed by atoms with Crippen LogP contribution in [0.2, 0.25) is 0 Å². The van der Waals surface area contributed by atoms with Gasteiger partial charge in [0.05, 0.1) is 12.5 Å². The van der Waals surface area contributed by atoms with E-state index in [2.05, 4.69) is 28.2 Å². The molecule has 1 aliphatic rings. The van der Waals surface area contributed by atoms with Gasteiger partial charge in [0.1, 0.15) is 5.82 Å². The number of hydrogen-bond acceptors (Lipinski definition) is 3. The van der Waals surface area contributed by atoms with Crippen molar-refractivity contribution in [3.05, 3.63) is 11.6 Å². The Balaban J connectivity index is 1.89. The van der Waals surface area contributed by atoms with Gasteiger partial charge < -0.3 is 0 Å². The first-order valence-corrected chi connectivity index (χ1v) is 6.61. The van der Waals surface area contributed by atoms with Crippen molar-refractivity contribution in [2.45, 2.75) is 57.8 Å². The van der Waals surface area contributed by atoms with Gasteiger partial charge in [0.25, 0.3) is 0 Å². The molecule has 1 heterocycles. The molecule has 1 aliphatic carbocycles. The van der Waals surface area contributed by atoms with Gasteiger partial charge in [0.15, 0.2) is 5.82 Å². The van der Waals surface area contributed by atoms with Crippen LogP contribution in [-0.2, 0) is 6.42 Å². The number of hydrogen-bond donors (Lipinski definition) is 1. The summed E-state index contributed by atoms with van der Waals surface area (Å²) in [6, 6.07) is 2.09. The molecule has 1 saturated carbocycles. The maximum Gasteiger partial charge on any atom is 0.153 e. The van der Waals surface area contributed by atoms with Crippen LogP contribution < -0.4 is 0 Å². The smallest absolute Gasteiger partial charge is 0.153 e. The van der Waals surface area contributed by atoms with Crippen LogP contribution in [0, 0.1) is 17.2 Å². The standard InChI is InChI=1S/C13H20N4/c1-2-3-10-4-6-11(7-5-10)13-15-12(8-9-14)16-17-13/h10-11H,2-8H2,1H3,(H,15,16,17). The number of nitrogens with one attached hydrogen (secondary N) is 1. The van der Waals surface area contributed by atoms with Crippen molar-refractivity contribution >= 4 is 0 Å². The van der Waals surface area contributed by atoms with Crippen molar-refractivity contribution in [3.8, 4) is 6.07 Å². The van der Waals surface area contributed by atoms with Gasteiger partial charge in [0, 0.05) is 5.92 Å². The van der Waals surface area contributed by atoms with Crippen LogP contribution >= 0.6 is 0 Å². The van der Waals surface area contributed by atoms with E-state index in [1.165, 1.54) is 38.5 Å². The third kappa shape index (κ3) is 3.06. The van der Waals surface area contributed by atoms with Gasteiger partial charge in [-0.15, -0.1) is 0 Å². The van der Waals surface area contributed by atoms with E-state index in [1.54, 1.807) is 0 Å². The molecule has 0 unspecified atom stereocenters. The Kier molecular flexibility index (Phi) is 4.13. The molecule has 0 atom stereocenters. The van der Waals surface area contributed by atoms with Crippen LogP contribution in [-0.4, -0.2) is 15.2 Å². The van der Waals surface area contributed by atoms with E-state index in [9.17, 15) is 0 Å². The van der Waals surface area contributed by atoms with Crippen LogP contribution in [0.3, 0.4) is 0 Å². The lowest BCUT2D eigenvalue weighted by molar-refractivity contribution is 0.302. The molecule has 1 N–H and O–H groups in total. The second kappa shape index (κ2) is 5.81. The predicted molar refractivity (Wildman–Crippen MR) is 65.3 cm³/mol. The number of rotatable bonds is 4. The average Bonchev–Trinajstić information content (AvgIpc) is 2.80. The van der Waals surface area contributed by atoms with Gasteiger partial charge in [-0.3, -0.25) is 5.10 Å². The Morgan fingerprint density at radius 3 is 2.76 bits per heavy atom. The van der Waals surface area contributed by atoms with Gasteiger partial charge in [-0.25, -0.2) is 4.98 Å². The monoisotopic (exact) mass is 232 g/mol. The molecular weight excluding hydrogens is 212 g/mol. The first kappa shape index (κ1) is 12.1. The quantitative estimate of drug-likeness (QED) is 0.868. The molecule has 4 nitrogen and oxygen atoms in total. The molecule has 0 saturated heterocycles. The van der Waals surface area contributed by atoms with Crippen molar-refractivity contribution in [2.24, 2.45) is 5.92 Å². The summed E-state index contributed by atoms with van der Waals surface area (Å²) < 4.78 is 0. The highest BCUT2D eigenvalue weighted by molar-refractivity contribution is 5.02. The van der Waals surface area contributed by atoms with Gasteiger partial charge in [-0.2, -0.15) is 10.4 Å². The summed E-state index contributed by atoms with van der Waals surface area (Å²) in [6.07, 6.45) is 8.01. The minimum absolute atomic E-state index is 0.332. The van der Waals surface area contributed by atoms with Crippen molar-refractivity contribution in [2.75, 3.05) is 0 Å². The first-order chi connectivity index (χ1) is 8.33. The van der Waals surface area contributed by atoms with E-state index in [0.717, 1.165) is 11.7 Å². The van der Waals surface area contributed by atoms with Crippen molar-refractivity contribution in [3.63, 3.8) is 0 Å². The molecule has 0 aliphatic heterocycles. The molecule has 0 amide bonds. The Morgan fingerprint density at radius 1 is 1.35 bits per heavy atom. The summed E-state index contributed by atoms with van der Waals surface area (Å²) in [7, 11) is 0. The molecule has 2 rings (SSSR count). The highest BCUT2D eigenvalue weighted by atomic mass is 15.2. The van der Waals surface area contributed by atoms with Crippen LogP contribution in [0.5, 0.6) is 0 Å². The number of aromatic nitrogens is 3. The number of aromatic amines is 1. The molecule has 4 heteroatoms. The molecule has 17 heavy (non-hydrogen) atoms. The number of nitriles is 1. The lowest BCUT2D eigenvalue weighted by Gasteiger charge is -2.26. The summed E-state index contributed by atoms with van der Waals surface area (Å²) in [6.45, 7) is 2.26. The summed E-state index contributed by atoms with van der Waals surface area (Å²) in [5.41, 5.74) is 0. The molecule has 92 valence electrons. The van der Waals surface area contributed by atoms with E-state index in [4.69, 9.17) is 5.26 Å². The maximum atomic E-state index is 8.60. The van der Waals surface area contributed by atoms with Crippen LogP contribution in [0.25, 0.3) is 0 Å². The van der Waals surface area contributed by atoms with Gasteiger partial charge in [-0.05, 0) is 31.6 Å². The molecule has 0 spiro atoms. The zero-order valence-electron chi connectivity index (χ0n) is 10.4. The molecule has 0 radical (unpaired) electrons. The second-order valence-corrected chi connectivity index (χ2v) is 4.98. The minimum atomic E-state index is 0.332. The largest absolute Gasteiger partial charge is 0.262 e. The molecule has 1 aromatic rings. The zero-order chi connectivity index (χ0) is 12.1. The average molecular weight is 232 g/mol. The Morgan fingerprint density at radius 2 is 2.12 bits per heavy atom. The third-order valence-corrected chi connectivity index (χ3v) is 3.70. The normalized spacial score (nSPS) is 24.5. The third-order valence-electron chi connectivity index (χ3n) is 3.70. The van der Waals surface area contributed by atoms with E-state index in [-0.39, 0.29) is 0 Å². The van der Waals surface area contributed by atoms with Gasteiger partial charge >= 0.3 is 0 Å².